The summed E-state index contributed by atoms with van der Waals surface area (Å²) in [5.74, 6) is 2.33. The SMILES string of the molecule is CCCCOc1ccc(C2CCCS2)cc1.F. The van der Waals surface area contributed by atoms with Crippen LogP contribution < -0.4 is 4.74 Å². The van der Waals surface area contributed by atoms with Gasteiger partial charge in [-0.05, 0) is 42.7 Å². The van der Waals surface area contributed by atoms with Crippen LogP contribution in [0.15, 0.2) is 24.3 Å². The first-order valence-corrected chi connectivity index (χ1v) is 7.29. The molecule has 1 heterocycles. The Balaban J connectivity index is 0.00000144. The molecule has 3 heteroatoms. The number of halogens is 1. The molecule has 0 bridgehead atoms. The molecule has 1 unspecified atom stereocenters. The summed E-state index contributed by atoms with van der Waals surface area (Å²) in [6.07, 6.45) is 5.03. The molecule has 0 spiro atoms. The van der Waals surface area contributed by atoms with Crippen LogP contribution in [0.25, 0.3) is 0 Å². The second kappa shape index (κ2) is 7.59. The zero-order valence-corrected chi connectivity index (χ0v) is 11.2. The highest BCUT2D eigenvalue weighted by molar-refractivity contribution is 7.99. The van der Waals surface area contributed by atoms with Crippen LogP contribution in [0.3, 0.4) is 0 Å². The van der Waals surface area contributed by atoms with Crippen molar-refractivity contribution in [2.24, 2.45) is 0 Å². The molecule has 1 aliphatic heterocycles. The topological polar surface area (TPSA) is 9.23 Å². The first kappa shape index (κ1) is 14.4. The highest BCUT2D eigenvalue weighted by Gasteiger charge is 2.17. The largest absolute Gasteiger partial charge is 0.494 e. The van der Waals surface area contributed by atoms with E-state index in [-0.39, 0.29) is 4.70 Å². The lowest BCUT2D eigenvalue weighted by atomic mass is 10.1. The zero-order valence-electron chi connectivity index (χ0n) is 10.4. The van der Waals surface area contributed by atoms with Gasteiger partial charge in [0.1, 0.15) is 5.75 Å². The summed E-state index contributed by atoms with van der Waals surface area (Å²) in [7, 11) is 0. The van der Waals surface area contributed by atoms with Crippen LogP contribution in [0.5, 0.6) is 5.75 Å². The molecule has 1 nitrogen and oxygen atoms in total. The lowest BCUT2D eigenvalue weighted by molar-refractivity contribution is 0.309. The standard InChI is InChI=1S/C14H20OS.FH/c1-2-3-10-15-13-8-6-12(7-9-13)14-5-4-11-16-14;/h6-9,14H,2-5,10-11H2,1H3;1H. The van der Waals surface area contributed by atoms with E-state index in [0.717, 1.165) is 24.0 Å². The van der Waals surface area contributed by atoms with Crippen molar-refractivity contribution in [2.45, 2.75) is 37.9 Å². The van der Waals surface area contributed by atoms with Crippen LogP contribution in [0.4, 0.5) is 4.70 Å². The molecular weight excluding hydrogens is 235 g/mol. The molecule has 1 atom stereocenters. The summed E-state index contributed by atoms with van der Waals surface area (Å²) < 4.78 is 5.66. The quantitative estimate of drug-likeness (QED) is 0.713. The summed E-state index contributed by atoms with van der Waals surface area (Å²) >= 11 is 2.08. The molecule has 0 amide bonds. The second-order valence-electron chi connectivity index (χ2n) is 4.27. The number of thioether (sulfide) groups is 1. The van der Waals surface area contributed by atoms with Crippen LogP contribution >= 0.6 is 11.8 Å². The maximum atomic E-state index is 5.66. The van der Waals surface area contributed by atoms with E-state index in [0.29, 0.717) is 0 Å². The zero-order chi connectivity index (χ0) is 11.2. The molecule has 2 rings (SSSR count). The molecule has 0 N–H and O–H groups in total. The maximum absolute atomic E-state index is 5.66. The molecule has 1 saturated heterocycles. The number of ether oxygens (including phenoxy) is 1. The number of benzene rings is 1. The molecule has 1 aromatic rings. The van der Waals surface area contributed by atoms with Crippen LogP contribution in [0, 0.1) is 0 Å². The van der Waals surface area contributed by atoms with Gasteiger partial charge in [-0.1, -0.05) is 25.5 Å². The average Bonchev–Trinajstić information content (AvgIpc) is 2.84. The molecular formula is C14H21FOS. The van der Waals surface area contributed by atoms with Crippen molar-refractivity contribution in [3.63, 3.8) is 0 Å². The second-order valence-corrected chi connectivity index (χ2v) is 5.58. The highest BCUT2D eigenvalue weighted by atomic mass is 32.2. The Morgan fingerprint density at radius 2 is 2.06 bits per heavy atom. The summed E-state index contributed by atoms with van der Waals surface area (Å²) in [6, 6.07) is 8.68. The van der Waals surface area contributed by atoms with Gasteiger partial charge in [-0.15, -0.1) is 0 Å². The van der Waals surface area contributed by atoms with Gasteiger partial charge in [-0.3, -0.25) is 4.70 Å². The van der Waals surface area contributed by atoms with Gasteiger partial charge >= 0.3 is 0 Å². The van der Waals surface area contributed by atoms with Crippen LogP contribution in [-0.2, 0) is 0 Å². The molecule has 0 radical (unpaired) electrons. The number of rotatable bonds is 5. The van der Waals surface area contributed by atoms with Gasteiger partial charge in [0.2, 0.25) is 0 Å². The fourth-order valence-corrected chi connectivity index (χ4v) is 3.25. The van der Waals surface area contributed by atoms with Crippen molar-refractivity contribution in [3.8, 4) is 5.75 Å². The Kier molecular flexibility index (Phi) is 6.41. The van der Waals surface area contributed by atoms with Gasteiger partial charge in [0.05, 0.1) is 6.61 Å². The van der Waals surface area contributed by atoms with Gasteiger partial charge in [-0.2, -0.15) is 11.8 Å². The predicted octanol–water partition coefficient (Wildman–Crippen LogP) is 4.59. The smallest absolute Gasteiger partial charge is 0.119 e. The van der Waals surface area contributed by atoms with Crippen molar-refractivity contribution >= 4 is 11.8 Å². The Labute approximate surface area is 107 Å². The van der Waals surface area contributed by atoms with E-state index >= 15 is 0 Å². The molecule has 17 heavy (non-hydrogen) atoms. The third-order valence-electron chi connectivity index (χ3n) is 2.95. The van der Waals surface area contributed by atoms with Crippen molar-refractivity contribution in [2.75, 3.05) is 12.4 Å². The Morgan fingerprint density at radius 3 is 2.65 bits per heavy atom. The number of hydrogen-bond acceptors (Lipinski definition) is 2. The van der Waals surface area contributed by atoms with E-state index in [1.165, 1.54) is 30.6 Å². The van der Waals surface area contributed by atoms with E-state index in [2.05, 4.69) is 43.0 Å². The van der Waals surface area contributed by atoms with E-state index in [1.54, 1.807) is 0 Å². The first-order valence-electron chi connectivity index (χ1n) is 6.24. The van der Waals surface area contributed by atoms with Crippen LogP contribution in [-0.4, -0.2) is 12.4 Å². The Hall–Kier alpha value is -0.700. The molecule has 96 valence electrons. The monoisotopic (exact) mass is 256 g/mol. The molecule has 1 aromatic carbocycles. The fourth-order valence-electron chi connectivity index (χ4n) is 1.95. The highest BCUT2D eigenvalue weighted by Crippen LogP contribution is 2.40. The molecule has 0 aromatic heterocycles. The van der Waals surface area contributed by atoms with E-state index < -0.39 is 0 Å². The molecule has 0 saturated carbocycles. The van der Waals surface area contributed by atoms with Gasteiger partial charge in [0, 0.05) is 5.25 Å². The third-order valence-corrected chi connectivity index (χ3v) is 4.38. The van der Waals surface area contributed by atoms with Crippen molar-refractivity contribution in [1.82, 2.24) is 0 Å². The van der Waals surface area contributed by atoms with Crippen molar-refractivity contribution < 1.29 is 9.44 Å². The predicted molar refractivity (Wildman–Crippen MR) is 73.8 cm³/mol. The minimum atomic E-state index is 0. The summed E-state index contributed by atoms with van der Waals surface area (Å²) in [6.45, 7) is 3.03. The van der Waals surface area contributed by atoms with Gasteiger partial charge in [0.15, 0.2) is 0 Å². The van der Waals surface area contributed by atoms with Gasteiger partial charge in [0.25, 0.3) is 0 Å². The summed E-state index contributed by atoms with van der Waals surface area (Å²) in [5.41, 5.74) is 1.46. The maximum Gasteiger partial charge on any atom is 0.119 e. The number of hydrogen-bond donors (Lipinski definition) is 0. The van der Waals surface area contributed by atoms with Crippen LogP contribution in [0.2, 0.25) is 0 Å². The number of unbranched alkanes of at least 4 members (excludes halogenated alkanes) is 1. The summed E-state index contributed by atoms with van der Waals surface area (Å²) in [4.78, 5) is 0. The summed E-state index contributed by atoms with van der Waals surface area (Å²) in [5, 5.41) is 0.727. The minimum Gasteiger partial charge on any atom is -0.494 e. The first-order chi connectivity index (χ1) is 7.90. The Bertz CT molecular complexity index is 307. The lowest BCUT2D eigenvalue weighted by Crippen LogP contribution is -1.96. The third kappa shape index (κ3) is 4.23. The van der Waals surface area contributed by atoms with Crippen LogP contribution in [0.1, 0.15) is 43.4 Å². The van der Waals surface area contributed by atoms with E-state index in [4.69, 9.17) is 4.74 Å². The lowest BCUT2D eigenvalue weighted by Gasteiger charge is -2.10. The molecule has 0 aliphatic carbocycles. The van der Waals surface area contributed by atoms with Crippen molar-refractivity contribution in [1.29, 1.82) is 0 Å². The van der Waals surface area contributed by atoms with E-state index in [1.807, 2.05) is 0 Å². The normalized spacial score (nSPS) is 18.8. The Morgan fingerprint density at radius 1 is 1.29 bits per heavy atom. The van der Waals surface area contributed by atoms with E-state index in [9.17, 15) is 0 Å². The fraction of sp³-hybridized carbons (Fsp3) is 0.571. The molecule has 1 fully saturated rings. The molecule has 1 aliphatic rings. The van der Waals surface area contributed by atoms with Gasteiger partial charge in [-0.25, -0.2) is 0 Å². The average molecular weight is 256 g/mol. The van der Waals surface area contributed by atoms with Crippen molar-refractivity contribution in [3.05, 3.63) is 29.8 Å². The minimum absolute atomic E-state index is 0. The van der Waals surface area contributed by atoms with Gasteiger partial charge < -0.3 is 4.74 Å².